The van der Waals surface area contributed by atoms with Crippen LogP contribution in [-0.4, -0.2) is 15.6 Å². The van der Waals surface area contributed by atoms with E-state index in [1.54, 1.807) is 0 Å². The standard InChI is InChI=1S/C10H17N3O/c1-8(2)5-7-13-6-3-4-9(13)10(11)12-14/h3-4,6,8,14H,5,7H2,1-2H3,(H2,11,12). The van der Waals surface area contributed by atoms with Crippen LogP contribution in [0.3, 0.4) is 0 Å². The third-order valence-electron chi connectivity index (χ3n) is 2.15. The molecule has 4 nitrogen and oxygen atoms in total. The Morgan fingerprint density at radius 1 is 1.64 bits per heavy atom. The van der Waals surface area contributed by atoms with Crippen LogP contribution < -0.4 is 5.73 Å². The molecule has 0 bridgehead atoms. The van der Waals surface area contributed by atoms with Crippen molar-refractivity contribution < 1.29 is 5.21 Å². The van der Waals surface area contributed by atoms with E-state index >= 15 is 0 Å². The van der Waals surface area contributed by atoms with Gasteiger partial charge >= 0.3 is 0 Å². The highest BCUT2D eigenvalue weighted by molar-refractivity contribution is 5.95. The number of nitrogens with two attached hydrogens (primary N) is 1. The van der Waals surface area contributed by atoms with E-state index in [-0.39, 0.29) is 5.84 Å². The number of amidine groups is 1. The van der Waals surface area contributed by atoms with Crippen LogP contribution >= 0.6 is 0 Å². The predicted molar refractivity (Wildman–Crippen MR) is 56.4 cm³/mol. The molecule has 0 amide bonds. The first kappa shape index (κ1) is 10.6. The van der Waals surface area contributed by atoms with Gasteiger partial charge in [0.15, 0.2) is 5.84 Å². The zero-order valence-electron chi connectivity index (χ0n) is 8.64. The molecule has 0 aliphatic carbocycles. The summed E-state index contributed by atoms with van der Waals surface area (Å²) in [4.78, 5) is 0. The van der Waals surface area contributed by atoms with Crippen LogP contribution in [0.5, 0.6) is 0 Å². The van der Waals surface area contributed by atoms with Crippen LogP contribution in [0.1, 0.15) is 26.0 Å². The van der Waals surface area contributed by atoms with Gasteiger partial charge < -0.3 is 15.5 Å². The minimum Gasteiger partial charge on any atom is -0.409 e. The Hall–Kier alpha value is -1.45. The van der Waals surface area contributed by atoms with Crippen molar-refractivity contribution in [1.82, 2.24) is 4.57 Å². The lowest BCUT2D eigenvalue weighted by Crippen LogP contribution is -2.18. The average Bonchev–Trinajstić information content (AvgIpc) is 2.61. The molecule has 1 aromatic heterocycles. The van der Waals surface area contributed by atoms with Crippen LogP contribution in [0.4, 0.5) is 0 Å². The van der Waals surface area contributed by atoms with Crippen molar-refractivity contribution in [2.45, 2.75) is 26.8 Å². The SMILES string of the molecule is CC(C)CCn1cccc1/C(N)=N/O. The van der Waals surface area contributed by atoms with E-state index in [0.717, 1.165) is 18.7 Å². The number of aryl methyl sites for hydroxylation is 1. The highest BCUT2D eigenvalue weighted by Gasteiger charge is 2.05. The van der Waals surface area contributed by atoms with Gasteiger partial charge in [-0.05, 0) is 24.5 Å². The molecule has 0 aliphatic rings. The molecule has 3 N–H and O–H groups in total. The van der Waals surface area contributed by atoms with E-state index in [4.69, 9.17) is 10.9 Å². The minimum atomic E-state index is 0.166. The van der Waals surface area contributed by atoms with Gasteiger partial charge in [-0.3, -0.25) is 0 Å². The van der Waals surface area contributed by atoms with Crippen molar-refractivity contribution in [3.05, 3.63) is 24.0 Å². The summed E-state index contributed by atoms with van der Waals surface area (Å²) in [6, 6.07) is 3.74. The summed E-state index contributed by atoms with van der Waals surface area (Å²) < 4.78 is 2.00. The smallest absolute Gasteiger partial charge is 0.186 e. The van der Waals surface area contributed by atoms with Crippen LogP contribution in [0.2, 0.25) is 0 Å². The second-order valence-electron chi connectivity index (χ2n) is 3.75. The largest absolute Gasteiger partial charge is 0.409 e. The molecule has 0 unspecified atom stereocenters. The number of oxime groups is 1. The summed E-state index contributed by atoms with van der Waals surface area (Å²) in [6.45, 7) is 5.25. The normalized spacial score (nSPS) is 12.4. The molecule has 78 valence electrons. The maximum Gasteiger partial charge on any atom is 0.186 e. The van der Waals surface area contributed by atoms with Gasteiger partial charge in [-0.2, -0.15) is 0 Å². The number of hydrogen-bond acceptors (Lipinski definition) is 2. The maximum atomic E-state index is 8.56. The van der Waals surface area contributed by atoms with Crippen molar-refractivity contribution in [2.24, 2.45) is 16.8 Å². The van der Waals surface area contributed by atoms with Crippen molar-refractivity contribution in [2.75, 3.05) is 0 Å². The van der Waals surface area contributed by atoms with Gasteiger partial charge in [0.25, 0.3) is 0 Å². The second-order valence-corrected chi connectivity index (χ2v) is 3.75. The Kier molecular flexibility index (Phi) is 3.56. The first-order chi connectivity index (χ1) is 6.65. The lowest BCUT2D eigenvalue weighted by atomic mass is 10.1. The Labute approximate surface area is 84.0 Å². The zero-order chi connectivity index (χ0) is 10.6. The van der Waals surface area contributed by atoms with Gasteiger partial charge in [-0.15, -0.1) is 0 Å². The van der Waals surface area contributed by atoms with Crippen molar-refractivity contribution in [1.29, 1.82) is 0 Å². The monoisotopic (exact) mass is 195 g/mol. The molecule has 0 radical (unpaired) electrons. The van der Waals surface area contributed by atoms with E-state index in [2.05, 4.69) is 19.0 Å². The molecule has 14 heavy (non-hydrogen) atoms. The molecule has 0 saturated heterocycles. The highest BCUT2D eigenvalue weighted by atomic mass is 16.4. The topological polar surface area (TPSA) is 63.5 Å². The Morgan fingerprint density at radius 3 is 2.93 bits per heavy atom. The van der Waals surface area contributed by atoms with E-state index in [1.807, 2.05) is 22.9 Å². The van der Waals surface area contributed by atoms with Gasteiger partial charge in [-0.1, -0.05) is 19.0 Å². The van der Waals surface area contributed by atoms with Crippen LogP contribution in [-0.2, 0) is 6.54 Å². The van der Waals surface area contributed by atoms with Crippen molar-refractivity contribution in [3.8, 4) is 0 Å². The summed E-state index contributed by atoms with van der Waals surface area (Å²) in [6.07, 6.45) is 3.02. The maximum absolute atomic E-state index is 8.56. The predicted octanol–water partition coefficient (Wildman–Crippen LogP) is 1.63. The van der Waals surface area contributed by atoms with Gasteiger partial charge in [0.2, 0.25) is 0 Å². The lowest BCUT2D eigenvalue weighted by molar-refractivity contribution is 0.318. The number of rotatable bonds is 4. The summed E-state index contributed by atoms with van der Waals surface area (Å²) in [5.41, 5.74) is 6.30. The molecule has 0 aromatic carbocycles. The van der Waals surface area contributed by atoms with Gasteiger partial charge in [0.05, 0.1) is 5.69 Å². The van der Waals surface area contributed by atoms with E-state index in [9.17, 15) is 0 Å². The molecule has 0 atom stereocenters. The van der Waals surface area contributed by atoms with Crippen LogP contribution in [0.25, 0.3) is 0 Å². The van der Waals surface area contributed by atoms with Crippen molar-refractivity contribution in [3.63, 3.8) is 0 Å². The molecule has 1 rings (SSSR count). The highest BCUT2D eigenvalue weighted by Crippen LogP contribution is 2.07. The minimum absolute atomic E-state index is 0.166. The van der Waals surface area contributed by atoms with E-state index < -0.39 is 0 Å². The molecule has 1 aromatic rings. The van der Waals surface area contributed by atoms with Gasteiger partial charge in [0.1, 0.15) is 0 Å². The lowest BCUT2D eigenvalue weighted by Gasteiger charge is -2.09. The molecule has 1 heterocycles. The first-order valence-electron chi connectivity index (χ1n) is 4.78. The molecule has 4 heteroatoms. The third-order valence-corrected chi connectivity index (χ3v) is 2.15. The first-order valence-corrected chi connectivity index (χ1v) is 4.78. The Morgan fingerprint density at radius 2 is 2.36 bits per heavy atom. The van der Waals surface area contributed by atoms with Gasteiger partial charge in [-0.25, -0.2) is 0 Å². The summed E-state index contributed by atoms with van der Waals surface area (Å²) in [7, 11) is 0. The van der Waals surface area contributed by atoms with Crippen LogP contribution in [0.15, 0.2) is 23.5 Å². The molecular weight excluding hydrogens is 178 g/mol. The summed E-state index contributed by atoms with van der Waals surface area (Å²) >= 11 is 0. The number of nitrogens with zero attached hydrogens (tertiary/aromatic N) is 2. The fraction of sp³-hybridized carbons (Fsp3) is 0.500. The summed E-state index contributed by atoms with van der Waals surface area (Å²) in [5, 5.41) is 11.6. The third kappa shape index (κ3) is 2.52. The fourth-order valence-corrected chi connectivity index (χ4v) is 1.29. The Bertz CT molecular complexity index is 315. The quantitative estimate of drug-likeness (QED) is 0.332. The molecule has 0 aliphatic heterocycles. The van der Waals surface area contributed by atoms with Gasteiger partial charge in [0, 0.05) is 12.7 Å². The Balaban J connectivity index is 2.73. The molecule has 0 saturated carbocycles. The van der Waals surface area contributed by atoms with E-state index in [0.29, 0.717) is 5.92 Å². The van der Waals surface area contributed by atoms with Crippen LogP contribution in [0, 0.1) is 5.92 Å². The molecule has 0 fully saturated rings. The molecular formula is C10H17N3O. The summed E-state index contributed by atoms with van der Waals surface area (Å²) in [5.74, 6) is 0.816. The molecule has 0 spiro atoms. The van der Waals surface area contributed by atoms with Crippen molar-refractivity contribution >= 4 is 5.84 Å². The average molecular weight is 195 g/mol. The zero-order valence-corrected chi connectivity index (χ0v) is 8.64. The fourth-order valence-electron chi connectivity index (χ4n) is 1.29. The number of aromatic nitrogens is 1. The van der Waals surface area contributed by atoms with E-state index in [1.165, 1.54) is 0 Å². The number of hydrogen-bond donors (Lipinski definition) is 2. The second kappa shape index (κ2) is 4.69.